The van der Waals surface area contributed by atoms with Crippen LogP contribution in [0.2, 0.25) is 0 Å². The molecule has 0 aromatic heterocycles. The van der Waals surface area contributed by atoms with E-state index in [2.05, 4.69) is 11.4 Å². The van der Waals surface area contributed by atoms with Crippen LogP contribution in [-0.4, -0.2) is 13.1 Å². The summed E-state index contributed by atoms with van der Waals surface area (Å²) in [7, 11) is 0. The molecule has 0 saturated carbocycles. The molecule has 2 unspecified atom stereocenters. The first-order chi connectivity index (χ1) is 6.84. The average molecular weight is 228 g/mol. The van der Waals surface area contributed by atoms with Crippen LogP contribution in [0.1, 0.15) is 23.5 Å². The minimum absolute atomic E-state index is 0. The second kappa shape index (κ2) is 4.11. The van der Waals surface area contributed by atoms with E-state index in [-0.39, 0.29) is 18.2 Å². The molecule has 82 valence electrons. The van der Waals surface area contributed by atoms with Crippen molar-refractivity contribution >= 4 is 12.4 Å². The zero-order chi connectivity index (χ0) is 9.54. The first-order valence-electron chi connectivity index (χ1n) is 5.32. The first-order valence-corrected chi connectivity index (χ1v) is 5.32. The standard InChI is InChI=1S/C12H14FN.ClH/c13-12-3-1-2-10-9-4-8(5-11(10)12)6-14-7-9;/h1-3,8-9,14H,4-7H2;1H. The van der Waals surface area contributed by atoms with Crippen LogP contribution in [0.25, 0.3) is 0 Å². The van der Waals surface area contributed by atoms with Crippen LogP contribution >= 0.6 is 12.4 Å². The maximum Gasteiger partial charge on any atom is 0.126 e. The van der Waals surface area contributed by atoms with E-state index in [9.17, 15) is 4.39 Å². The molecule has 15 heavy (non-hydrogen) atoms. The second-order valence-electron chi connectivity index (χ2n) is 4.47. The van der Waals surface area contributed by atoms with Gasteiger partial charge in [0, 0.05) is 6.54 Å². The van der Waals surface area contributed by atoms with Crippen molar-refractivity contribution in [3.63, 3.8) is 0 Å². The molecule has 1 N–H and O–H groups in total. The zero-order valence-electron chi connectivity index (χ0n) is 8.50. The summed E-state index contributed by atoms with van der Waals surface area (Å²) in [5.41, 5.74) is 2.23. The van der Waals surface area contributed by atoms with Gasteiger partial charge in [-0.25, -0.2) is 4.39 Å². The van der Waals surface area contributed by atoms with Crippen molar-refractivity contribution in [3.05, 3.63) is 35.1 Å². The summed E-state index contributed by atoms with van der Waals surface area (Å²) >= 11 is 0. The smallest absolute Gasteiger partial charge is 0.126 e. The summed E-state index contributed by atoms with van der Waals surface area (Å²) < 4.78 is 13.6. The molecule has 0 spiro atoms. The molecule has 3 heteroatoms. The Hall–Kier alpha value is -0.600. The number of hydrogen-bond donors (Lipinski definition) is 1. The van der Waals surface area contributed by atoms with E-state index < -0.39 is 0 Å². The largest absolute Gasteiger partial charge is 0.316 e. The van der Waals surface area contributed by atoms with Gasteiger partial charge in [-0.2, -0.15) is 0 Å². The maximum atomic E-state index is 13.6. The molecule has 1 heterocycles. The monoisotopic (exact) mass is 227 g/mol. The van der Waals surface area contributed by atoms with E-state index >= 15 is 0 Å². The molecule has 1 nitrogen and oxygen atoms in total. The van der Waals surface area contributed by atoms with Crippen molar-refractivity contribution in [1.29, 1.82) is 0 Å². The molecule has 2 bridgehead atoms. The molecule has 1 aromatic carbocycles. The Morgan fingerprint density at radius 2 is 2.13 bits per heavy atom. The van der Waals surface area contributed by atoms with Crippen molar-refractivity contribution in [2.45, 2.75) is 18.8 Å². The number of benzene rings is 1. The fourth-order valence-corrected chi connectivity index (χ4v) is 2.88. The first kappa shape index (κ1) is 10.9. The van der Waals surface area contributed by atoms with E-state index in [0.717, 1.165) is 25.1 Å². The van der Waals surface area contributed by atoms with Crippen LogP contribution in [-0.2, 0) is 6.42 Å². The molecule has 0 radical (unpaired) electrons. The van der Waals surface area contributed by atoms with Gasteiger partial charge in [0.1, 0.15) is 5.82 Å². The highest BCUT2D eigenvalue weighted by molar-refractivity contribution is 5.85. The van der Waals surface area contributed by atoms with Gasteiger partial charge in [0.05, 0.1) is 0 Å². The average Bonchev–Trinajstić information content (AvgIpc) is 2.20. The molecule has 1 aliphatic carbocycles. The molecule has 1 fully saturated rings. The molecule has 2 aliphatic rings. The zero-order valence-corrected chi connectivity index (χ0v) is 9.32. The minimum Gasteiger partial charge on any atom is -0.316 e. The van der Waals surface area contributed by atoms with Crippen LogP contribution in [0, 0.1) is 11.7 Å². The summed E-state index contributed by atoms with van der Waals surface area (Å²) in [6.07, 6.45) is 2.16. The third-order valence-corrected chi connectivity index (χ3v) is 3.53. The van der Waals surface area contributed by atoms with E-state index in [4.69, 9.17) is 0 Å². The highest BCUT2D eigenvalue weighted by Crippen LogP contribution is 2.37. The van der Waals surface area contributed by atoms with Gasteiger partial charge in [-0.05, 0) is 48.4 Å². The lowest BCUT2D eigenvalue weighted by Gasteiger charge is -2.36. The number of hydrogen-bond acceptors (Lipinski definition) is 1. The third kappa shape index (κ3) is 1.77. The quantitative estimate of drug-likeness (QED) is 0.718. The fraction of sp³-hybridized carbons (Fsp3) is 0.500. The number of halogens is 2. The summed E-state index contributed by atoms with van der Waals surface area (Å²) in [6, 6.07) is 5.52. The Bertz CT molecular complexity index is 367. The normalized spacial score (nSPS) is 27.8. The number of rotatable bonds is 0. The van der Waals surface area contributed by atoms with Crippen molar-refractivity contribution in [2.24, 2.45) is 5.92 Å². The predicted octanol–water partition coefficient (Wildman–Crippen LogP) is 2.50. The summed E-state index contributed by atoms with van der Waals surface area (Å²) in [5, 5.41) is 3.42. The van der Waals surface area contributed by atoms with Crippen molar-refractivity contribution in [3.8, 4) is 0 Å². The van der Waals surface area contributed by atoms with Gasteiger partial charge in [-0.15, -0.1) is 12.4 Å². The Morgan fingerprint density at radius 3 is 3.00 bits per heavy atom. The van der Waals surface area contributed by atoms with E-state index in [0.29, 0.717) is 11.8 Å². The molecule has 1 aliphatic heterocycles. The van der Waals surface area contributed by atoms with Gasteiger partial charge in [-0.3, -0.25) is 0 Å². The summed E-state index contributed by atoms with van der Waals surface area (Å²) in [6.45, 7) is 2.08. The molecule has 0 amide bonds. The van der Waals surface area contributed by atoms with Crippen LogP contribution in [0.15, 0.2) is 18.2 Å². The van der Waals surface area contributed by atoms with E-state index in [1.807, 2.05) is 6.07 Å². The Kier molecular flexibility index (Phi) is 2.98. The van der Waals surface area contributed by atoms with E-state index in [1.165, 1.54) is 12.0 Å². The van der Waals surface area contributed by atoms with Crippen molar-refractivity contribution < 1.29 is 4.39 Å². The highest BCUT2D eigenvalue weighted by Gasteiger charge is 2.31. The second-order valence-corrected chi connectivity index (χ2v) is 4.47. The van der Waals surface area contributed by atoms with Crippen LogP contribution in [0.5, 0.6) is 0 Å². The Labute approximate surface area is 95.5 Å². The topological polar surface area (TPSA) is 12.0 Å². The lowest BCUT2D eigenvalue weighted by Crippen LogP contribution is -2.39. The summed E-state index contributed by atoms with van der Waals surface area (Å²) in [4.78, 5) is 0. The number of piperidine rings is 1. The lowest BCUT2D eigenvalue weighted by molar-refractivity contribution is 0.313. The minimum atomic E-state index is -0.000833. The number of fused-ring (bicyclic) bond motifs is 4. The molecular weight excluding hydrogens is 213 g/mol. The highest BCUT2D eigenvalue weighted by atomic mass is 35.5. The van der Waals surface area contributed by atoms with Crippen LogP contribution in [0.3, 0.4) is 0 Å². The SMILES string of the molecule is Cl.Fc1cccc2c1CC1CNCC2C1. The van der Waals surface area contributed by atoms with Gasteiger partial charge in [0.15, 0.2) is 0 Å². The maximum absolute atomic E-state index is 13.6. The molecule has 2 atom stereocenters. The van der Waals surface area contributed by atoms with Gasteiger partial charge in [0.25, 0.3) is 0 Å². The van der Waals surface area contributed by atoms with Gasteiger partial charge >= 0.3 is 0 Å². The van der Waals surface area contributed by atoms with Crippen molar-refractivity contribution in [1.82, 2.24) is 5.32 Å². The number of nitrogens with one attached hydrogen (secondary N) is 1. The molecule has 1 aromatic rings. The van der Waals surface area contributed by atoms with Gasteiger partial charge < -0.3 is 5.32 Å². The van der Waals surface area contributed by atoms with E-state index in [1.54, 1.807) is 6.07 Å². The van der Waals surface area contributed by atoms with Gasteiger partial charge in [-0.1, -0.05) is 12.1 Å². The molecule has 1 saturated heterocycles. The third-order valence-electron chi connectivity index (χ3n) is 3.53. The summed E-state index contributed by atoms with van der Waals surface area (Å²) in [5.74, 6) is 1.20. The molecular formula is C12H15ClFN. The van der Waals surface area contributed by atoms with Crippen LogP contribution in [0.4, 0.5) is 4.39 Å². The van der Waals surface area contributed by atoms with Gasteiger partial charge in [0.2, 0.25) is 0 Å². The Morgan fingerprint density at radius 1 is 1.27 bits per heavy atom. The van der Waals surface area contributed by atoms with Crippen molar-refractivity contribution in [2.75, 3.05) is 13.1 Å². The predicted molar refractivity (Wildman–Crippen MR) is 61.1 cm³/mol. The molecule has 3 rings (SSSR count). The lowest BCUT2D eigenvalue weighted by atomic mass is 9.74. The fourth-order valence-electron chi connectivity index (χ4n) is 2.88. The Balaban J connectivity index is 0.000000853. The van der Waals surface area contributed by atoms with Crippen LogP contribution < -0.4 is 5.32 Å².